The number of aryl methyl sites for hydroxylation is 1. The van der Waals surface area contributed by atoms with Crippen molar-refractivity contribution in [1.82, 2.24) is 0 Å². The second-order valence-electron chi connectivity index (χ2n) is 6.57. The van der Waals surface area contributed by atoms with Gasteiger partial charge in [-0.25, -0.2) is 0 Å². The molecule has 0 aromatic heterocycles. The molecular formula is C16H25BBrN. The zero-order valence-electron chi connectivity index (χ0n) is 12.4. The molecule has 1 aromatic rings. The first kappa shape index (κ1) is 15.0. The molecule has 0 saturated heterocycles. The molecule has 0 unspecified atom stereocenters. The van der Waals surface area contributed by atoms with Gasteiger partial charge in [0.1, 0.15) is 7.85 Å². The lowest BCUT2D eigenvalue weighted by atomic mass is 9.65. The molecule has 2 rings (SSSR count). The van der Waals surface area contributed by atoms with E-state index in [0.717, 1.165) is 28.8 Å². The first-order valence-electron chi connectivity index (χ1n) is 7.51. The van der Waals surface area contributed by atoms with Gasteiger partial charge in [-0.1, -0.05) is 48.6 Å². The van der Waals surface area contributed by atoms with Gasteiger partial charge in [-0.2, -0.15) is 0 Å². The van der Waals surface area contributed by atoms with E-state index in [0.29, 0.717) is 5.41 Å². The van der Waals surface area contributed by atoms with Gasteiger partial charge in [0.25, 0.3) is 0 Å². The van der Waals surface area contributed by atoms with Crippen molar-refractivity contribution in [2.24, 2.45) is 11.3 Å². The summed E-state index contributed by atoms with van der Waals surface area (Å²) in [5.74, 6) is 0.926. The van der Waals surface area contributed by atoms with Crippen LogP contribution in [0.5, 0.6) is 0 Å². The summed E-state index contributed by atoms with van der Waals surface area (Å²) >= 11 is 3.60. The van der Waals surface area contributed by atoms with Gasteiger partial charge in [-0.15, -0.1) is 0 Å². The SMILES string of the molecule is BCc1c(Br)ccc(CCC(C)(C)C2CCC2)c1N. The van der Waals surface area contributed by atoms with Crippen LogP contribution in [-0.4, -0.2) is 7.85 Å². The summed E-state index contributed by atoms with van der Waals surface area (Å²) in [6.07, 6.45) is 7.61. The topological polar surface area (TPSA) is 26.0 Å². The third kappa shape index (κ3) is 3.18. The number of rotatable bonds is 5. The van der Waals surface area contributed by atoms with Gasteiger partial charge >= 0.3 is 0 Å². The van der Waals surface area contributed by atoms with Crippen molar-refractivity contribution in [3.8, 4) is 0 Å². The molecule has 0 amide bonds. The summed E-state index contributed by atoms with van der Waals surface area (Å²) in [5, 5.41) is 0. The number of nitrogen functional groups attached to an aromatic ring is 1. The highest BCUT2D eigenvalue weighted by Crippen LogP contribution is 2.44. The molecule has 0 atom stereocenters. The van der Waals surface area contributed by atoms with Gasteiger partial charge in [-0.3, -0.25) is 0 Å². The Balaban J connectivity index is 2.07. The number of anilines is 1. The van der Waals surface area contributed by atoms with Gasteiger partial charge in [-0.05, 0) is 54.2 Å². The molecule has 1 aromatic carbocycles. The Labute approximate surface area is 126 Å². The summed E-state index contributed by atoms with van der Waals surface area (Å²) in [6.45, 7) is 4.85. The zero-order valence-corrected chi connectivity index (χ0v) is 14.0. The molecule has 0 heterocycles. The van der Waals surface area contributed by atoms with Crippen LogP contribution in [0, 0.1) is 11.3 Å². The van der Waals surface area contributed by atoms with Crippen molar-refractivity contribution >= 4 is 29.5 Å². The molecule has 0 bridgehead atoms. The van der Waals surface area contributed by atoms with Gasteiger partial charge in [0.05, 0.1) is 0 Å². The monoisotopic (exact) mass is 321 g/mol. The van der Waals surface area contributed by atoms with E-state index < -0.39 is 0 Å². The third-order valence-corrected chi connectivity index (χ3v) is 5.74. The summed E-state index contributed by atoms with van der Waals surface area (Å²) in [7, 11) is 2.17. The predicted octanol–water partition coefficient (Wildman–Crippen LogP) is 3.92. The van der Waals surface area contributed by atoms with Crippen LogP contribution in [0.25, 0.3) is 0 Å². The lowest BCUT2D eigenvalue weighted by Gasteiger charge is -2.40. The van der Waals surface area contributed by atoms with Crippen LogP contribution < -0.4 is 5.73 Å². The van der Waals surface area contributed by atoms with Crippen LogP contribution in [0.4, 0.5) is 5.69 Å². The largest absolute Gasteiger partial charge is 0.398 e. The van der Waals surface area contributed by atoms with E-state index in [1.165, 1.54) is 36.8 Å². The zero-order chi connectivity index (χ0) is 14.0. The van der Waals surface area contributed by atoms with Gasteiger partial charge in [0.2, 0.25) is 0 Å². The average Bonchev–Trinajstić information content (AvgIpc) is 2.25. The maximum Gasteiger partial charge on any atom is 0.107 e. The Kier molecular flexibility index (Phi) is 4.65. The lowest BCUT2D eigenvalue weighted by molar-refractivity contribution is 0.111. The molecule has 1 aliphatic carbocycles. The van der Waals surface area contributed by atoms with Crippen LogP contribution in [0.3, 0.4) is 0 Å². The quantitative estimate of drug-likeness (QED) is 0.645. The first-order chi connectivity index (χ1) is 8.95. The molecule has 0 spiro atoms. The number of halogens is 1. The lowest BCUT2D eigenvalue weighted by Crippen LogP contribution is -2.30. The standard InChI is InChI=1S/C16H25BBrN/c1-16(2,12-4-3-5-12)9-8-11-6-7-14(18)13(10-17)15(11)19/h6-7,12H,3-5,8-10,17,19H2,1-2H3. The summed E-state index contributed by atoms with van der Waals surface area (Å²) < 4.78 is 1.15. The van der Waals surface area contributed by atoms with Crippen molar-refractivity contribution in [2.45, 2.75) is 52.3 Å². The second-order valence-corrected chi connectivity index (χ2v) is 7.42. The summed E-state index contributed by atoms with van der Waals surface area (Å²) in [4.78, 5) is 0. The Morgan fingerprint density at radius 3 is 2.58 bits per heavy atom. The number of hydrogen-bond acceptors (Lipinski definition) is 1. The molecular weight excluding hydrogens is 297 g/mol. The number of hydrogen-bond donors (Lipinski definition) is 1. The minimum atomic E-state index is 0.462. The normalized spacial score (nSPS) is 16.4. The average molecular weight is 322 g/mol. The molecule has 104 valence electrons. The predicted molar refractivity (Wildman–Crippen MR) is 90.2 cm³/mol. The first-order valence-corrected chi connectivity index (χ1v) is 8.30. The van der Waals surface area contributed by atoms with Crippen LogP contribution in [0.2, 0.25) is 0 Å². The Hall–Kier alpha value is -0.435. The molecule has 1 aliphatic rings. The van der Waals surface area contributed by atoms with Crippen LogP contribution >= 0.6 is 15.9 Å². The van der Waals surface area contributed by atoms with Gasteiger partial charge < -0.3 is 5.73 Å². The number of benzene rings is 1. The van der Waals surface area contributed by atoms with E-state index in [1.807, 2.05) is 0 Å². The van der Waals surface area contributed by atoms with E-state index in [9.17, 15) is 0 Å². The fraction of sp³-hybridized carbons (Fsp3) is 0.625. The molecule has 1 nitrogen and oxygen atoms in total. The van der Waals surface area contributed by atoms with Crippen molar-refractivity contribution in [3.05, 3.63) is 27.7 Å². The molecule has 3 heteroatoms. The minimum absolute atomic E-state index is 0.462. The third-order valence-electron chi connectivity index (χ3n) is 4.99. The van der Waals surface area contributed by atoms with Crippen LogP contribution in [0.15, 0.2) is 16.6 Å². The minimum Gasteiger partial charge on any atom is -0.398 e. The van der Waals surface area contributed by atoms with Crippen molar-refractivity contribution in [1.29, 1.82) is 0 Å². The van der Waals surface area contributed by atoms with E-state index >= 15 is 0 Å². The number of nitrogens with two attached hydrogens (primary N) is 1. The molecule has 0 aliphatic heterocycles. The second kappa shape index (κ2) is 5.91. The Morgan fingerprint density at radius 1 is 1.37 bits per heavy atom. The molecule has 0 radical (unpaired) electrons. The Bertz CT molecular complexity index is 452. The van der Waals surface area contributed by atoms with Gasteiger partial charge in [0.15, 0.2) is 0 Å². The van der Waals surface area contributed by atoms with Crippen molar-refractivity contribution in [3.63, 3.8) is 0 Å². The van der Waals surface area contributed by atoms with Gasteiger partial charge in [0, 0.05) is 10.2 Å². The highest BCUT2D eigenvalue weighted by Gasteiger charge is 2.33. The fourth-order valence-corrected chi connectivity index (χ4v) is 3.74. The highest BCUT2D eigenvalue weighted by molar-refractivity contribution is 9.10. The van der Waals surface area contributed by atoms with Crippen LogP contribution in [0.1, 0.15) is 50.7 Å². The summed E-state index contributed by atoms with van der Waals surface area (Å²) in [6, 6.07) is 4.34. The molecule has 2 N–H and O–H groups in total. The van der Waals surface area contributed by atoms with E-state index in [-0.39, 0.29) is 0 Å². The van der Waals surface area contributed by atoms with E-state index in [1.54, 1.807) is 0 Å². The Morgan fingerprint density at radius 2 is 2.05 bits per heavy atom. The van der Waals surface area contributed by atoms with Crippen LogP contribution in [-0.2, 0) is 12.7 Å². The smallest absolute Gasteiger partial charge is 0.107 e. The maximum atomic E-state index is 6.32. The van der Waals surface area contributed by atoms with Crippen molar-refractivity contribution in [2.75, 3.05) is 5.73 Å². The van der Waals surface area contributed by atoms with E-state index in [2.05, 4.69) is 49.8 Å². The fourth-order valence-electron chi connectivity index (χ4n) is 3.11. The molecule has 19 heavy (non-hydrogen) atoms. The highest BCUT2D eigenvalue weighted by atomic mass is 79.9. The van der Waals surface area contributed by atoms with E-state index in [4.69, 9.17) is 5.73 Å². The molecule has 1 fully saturated rings. The summed E-state index contributed by atoms with van der Waals surface area (Å²) in [5.41, 5.74) is 10.4. The molecule has 1 saturated carbocycles. The maximum absolute atomic E-state index is 6.32. The van der Waals surface area contributed by atoms with Crippen molar-refractivity contribution < 1.29 is 0 Å².